The van der Waals surface area contributed by atoms with E-state index in [1.807, 2.05) is 72.8 Å². The summed E-state index contributed by atoms with van der Waals surface area (Å²) in [6, 6.07) is 25.6. The maximum absolute atomic E-state index is 6.29. The zero-order chi connectivity index (χ0) is 19.9. The number of fused-ring (bicyclic) bond motifs is 1. The molecule has 0 aliphatic carbocycles. The van der Waals surface area contributed by atoms with Crippen molar-refractivity contribution in [1.82, 2.24) is 0 Å². The Labute approximate surface area is 175 Å². The summed E-state index contributed by atoms with van der Waals surface area (Å²) in [4.78, 5) is 0. The van der Waals surface area contributed by atoms with Crippen molar-refractivity contribution >= 4 is 11.6 Å². The van der Waals surface area contributed by atoms with Crippen LogP contribution in [0.4, 0.5) is 0 Å². The molecule has 1 heterocycles. The van der Waals surface area contributed by atoms with Gasteiger partial charge in [0.2, 0.25) is 0 Å². The molecule has 3 aromatic carbocycles. The summed E-state index contributed by atoms with van der Waals surface area (Å²) in [6.07, 6.45) is -0.609. The molecule has 1 aliphatic rings. The topological polar surface area (TPSA) is 36.9 Å². The van der Waals surface area contributed by atoms with E-state index in [4.69, 9.17) is 30.5 Å². The largest absolute Gasteiger partial charge is 0.480 e. The molecule has 5 heteroatoms. The second-order valence-corrected chi connectivity index (χ2v) is 7.29. The molecule has 0 N–H and O–H groups in total. The lowest BCUT2D eigenvalue weighted by molar-refractivity contribution is -0.0714. The van der Waals surface area contributed by atoms with Gasteiger partial charge in [0.15, 0.2) is 23.7 Å². The van der Waals surface area contributed by atoms with Crippen LogP contribution >= 0.6 is 11.6 Å². The fourth-order valence-electron chi connectivity index (χ4n) is 3.18. The summed E-state index contributed by atoms with van der Waals surface area (Å²) in [5.74, 6) is 1.19. The highest BCUT2D eigenvalue weighted by atomic mass is 35.5. The van der Waals surface area contributed by atoms with E-state index >= 15 is 0 Å². The molecule has 0 spiro atoms. The summed E-state index contributed by atoms with van der Waals surface area (Å²) in [5, 5.41) is 0.527. The van der Waals surface area contributed by atoms with Crippen LogP contribution in [0.25, 0.3) is 0 Å². The van der Waals surface area contributed by atoms with E-state index < -0.39 is 0 Å². The quantitative estimate of drug-likeness (QED) is 0.506. The lowest BCUT2D eigenvalue weighted by atomic mass is 10.1. The third kappa shape index (κ3) is 5.30. The van der Waals surface area contributed by atoms with Crippen LogP contribution in [0.5, 0.6) is 11.5 Å². The smallest absolute Gasteiger partial charge is 0.180 e. The molecule has 0 radical (unpaired) electrons. The normalized spacial score (nSPS) is 17.8. The average Bonchev–Trinajstić information content (AvgIpc) is 2.76. The van der Waals surface area contributed by atoms with Gasteiger partial charge >= 0.3 is 0 Å². The molecule has 0 aromatic heterocycles. The zero-order valence-corrected chi connectivity index (χ0v) is 16.8. The Morgan fingerprint density at radius 3 is 1.79 bits per heavy atom. The van der Waals surface area contributed by atoms with Crippen molar-refractivity contribution in [3.63, 3.8) is 0 Å². The highest BCUT2D eigenvalue weighted by molar-refractivity contribution is 6.32. The van der Waals surface area contributed by atoms with Crippen molar-refractivity contribution < 1.29 is 18.9 Å². The van der Waals surface area contributed by atoms with Crippen LogP contribution in [0.3, 0.4) is 0 Å². The van der Waals surface area contributed by atoms with Crippen LogP contribution in [0.2, 0.25) is 5.02 Å². The molecule has 4 rings (SSSR count). The number of hydrogen-bond donors (Lipinski definition) is 0. The molecule has 3 aromatic rings. The van der Waals surface area contributed by atoms with Crippen molar-refractivity contribution in [3.8, 4) is 11.5 Å². The van der Waals surface area contributed by atoms with E-state index in [0.29, 0.717) is 42.9 Å². The summed E-state index contributed by atoms with van der Waals surface area (Å²) in [7, 11) is 0. The van der Waals surface area contributed by atoms with Crippen LogP contribution in [0.1, 0.15) is 11.1 Å². The van der Waals surface area contributed by atoms with Gasteiger partial charge < -0.3 is 18.9 Å². The monoisotopic (exact) mass is 410 g/mol. The molecule has 0 amide bonds. The summed E-state index contributed by atoms with van der Waals surface area (Å²) >= 11 is 6.29. The molecule has 0 bridgehead atoms. The van der Waals surface area contributed by atoms with Gasteiger partial charge in [-0.1, -0.05) is 78.3 Å². The minimum absolute atomic E-state index is 0.291. The molecule has 2 unspecified atom stereocenters. The van der Waals surface area contributed by atoms with E-state index in [0.717, 1.165) is 11.1 Å². The molecule has 150 valence electrons. The summed E-state index contributed by atoms with van der Waals surface area (Å²) in [6.45, 7) is 1.79. The number of ether oxygens (including phenoxy) is 4. The molecule has 2 atom stereocenters. The molecule has 0 saturated heterocycles. The van der Waals surface area contributed by atoms with Gasteiger partial charge in [-0.15, -0.1) is 0 Å². The lowest BCUT2D eigenvalue weighted by Crippen LogP contribution is -2.45. The third-order valence-corrected chi connectivity index (χ3v) is 4.98. The van der Waals surface area contributed by atoms with E-state index in [1.54, 1.807) is 6.07 Å². The summed E-state index contributed by atoms with van der Waals surface area (Å²) < 4.78 is 24.1. The number of halogens is 1. The van der Waals surface area contributed by atoms with Gasteiger partial charge in [0, 0.05) is 0 Å². The molecule has 0 fully saturated rings. The molecule has 0 saturated carbocycles. The number of rotatable bonds is 8. The van der Waals surface area contributed by atoms with Crippen LogP contribution in [-0.2, 0) is 22.7 Å². The first kappa shape index (κ1) is 19.8. The highest BCUT2D eigenvalue weighted by Gasteiger charge is 2.33. The van der Waals surface area contributed by atoms with Crippen LogP contribution in [0.15, 0.2) is 78.9 Å². The second-order valence-electron chi connectivity index (χ2n) is 6.88. The standard InChI is InChI=1S/C24H23ClO4/c25-20-12-7-13-21-24(20)29-23(17-27-15-19-10-5-2-6-11-19)22(28-21)16-26-14-18-8-3-1-4-9-18/h1-13,22-23H,14-17H2. The first-order chi connectivity index (χ1) is 14.3. The Balaban J connectivity index is 1.39. The van der Waals surface area contributed by atoms with Gasteiger partial charge in [-0.05, 0) is 23.3 Å². The summed E-state index contributed by atoms with van der Waals surface area (Å²) in [5.41, 5.74) is 2.23. The van der Waals surface area contributed by atoms with Gasteiger partial charge in [0.1, 0.15) is 0 Å². The van der Waals surface area contributed by atoms with Gasteiger partial charge in [-0.2, -0.15) is 0 Å². The van der Waals surface area contributed by atoms with Crippen molar-refractivity contribution in [1.29, 1.82) is 0 Å². The first-order valence-electron chi connectivity index (χ1n) is 9.65. The van der Waals surface area contributed by atoms with Crippen molar-refractivity contribution in [2.24, 2.45) is 0 Å². The maximum Gasteiger partial charge on any atom is 0.180 e. The Morgan fingerprint density at radius 2 is 1.21 bits per heavy atom. The number of para-hydroxylation sites is 1. The van der Waals surface area contributed by atoms with E-state index in [9.17, 15) is 0 Å². The first-order valence-corrected chi connectivity index (χ1v) is 10.0. The van der Waals surface area contributed by atoms with Gasteiger partial charge in [0.25, 0.3) is 0 Å². The van der Waals surface area contributed by atoms with Crippen molar-refractivity contribution in [2.45, 2.75) is 25.4 Å². The van der Waals surface area contributed by atoms with Crippen molar-refractivity contribution in [3.05, 3.63) is 95.0 Å². The molecule has 4 nitrogen and oxygen atoms in total. The van der Waals surface area contributed by atoms with Crippen molar-refractivity contribution in [2.75, 3.05) is 13.2 Å². The predicted octanol–water partition coefficient (Wildman–Crippen LogP) is 5.28. The van der Waals surface area contributed by atoms with E-state index in [2.05, 4.69) is 0 Å². The fraction of sp³-hybridized carbons (Fsp3) is 0.250. The van der Waals surface area contributed by atoms with Gasteiger partial charge in [0.05, 0.1) is 31.5 Å². The Morgan fingerprint density at radius 1 is 0.655 bits per heavy atom. The number of hydrogen-bond acceptors (Lipinski definition) is 4. The molecule has 1 aliphatic heterocycles. The van der Waals surface area contributed by atoms with E-state index in [-0.39, 0.29) is 12.2 Å². The average molecular weight is 411 g/mol. The Kier molecular flexibility index (Phi) is 6.67. The van der Waals surface area contributed by atoms with Crippen LogP contribution in [-0.4, -0.2) is 25.4 Å². The molecular weight excluding hydrogens is 388 g/mol. The van der Waals surface area contributed by atoms with E-state index in [1.165, 1.54) is 0 Å². The highest BCUT2D eigenvalue weighted by Crippen LogP contribution is 2.40. The Bertz CT molecular complexity index is 901. The molecular formula is C24H23ClO4. The third-order valence-electron chi connectivity index (χ3n) is 4.68. The SMILES string of the molecule is Clc1cccc2c1OC(COCc1ccccc1)C(COCc1ccccc1)O2. The minimum Gasteiger partial charge on any atom is -0.480 e. The molecule has 29 heavy (non-hydrogen) atoms. The number of benzene rings is 3. The predicted molar refractivity (Wildman–Crippen MR) is 112 cm³/mol. The van der Waals surface area contributed by atoms with Crippen LogP contribution < -0.4 is 9.47 Å². The van der Waals surface area contributed by atoms with Gasteiger partial charge in [-0.25, -0.2) is 0 Å². The Hall–Kier alpha value is -2.53. The zero-order valence-electron chi connectivity index (χ0n) is 16.0. The maximum atomic E-state index is 6.29. The lowest BCUT2D eigenvalue weighted by Gasteiger charge is -2.34. The van der Waals surface area contributed by atoms with Crippen LogP contribution in [0, 0.1) is 0 Å². The van der Waals surface area contributed by atoms with Gasteiger partial charge in [-0.3, -0.25) is 0 Å². The fourth-order valence-corrected chi connectivity index (χ4v) is 3.39. The minimum atomic E-state index is -0.318. The second kappa shape index (κ2) is 9.79.